The Morgan fingerprint density at radius 1 is 1.16 bits per heavy atom. The number of aliphatic hydroxyl groups is 3. The lowest BCUT2D eigenvalue weighted by Gasteiger charge is -2.14. The zero-order valence-corrected chi connectivity index (χ0v) is 11.5. The van der Waals surface area contributed by atoms with Crippen molar-refractivity contribution in [3.63, 3.8) is 0 Å². The van der Waals surface area contributed by atoms with Crippen LogP contribution in [0, 0.1) is 0 Å². The Labute approximate surface area is 113 Å². The van der Waals surface area contributed by atoms with Crippen molar-refractivity contribution in [2.24, 2.45) is 0 Å². The summed E-state index contributed by atoms with van der Waals surface area (Å²) in [4.78, 5) is 8.48. The van der Waals surface area contributed by atoms with E-state index in [1.54, 1.807) is 12.4 Å². The molecular formula is C13H23N3O3. The minimum atomic E-state index is -1.14. The Bertz CT molecular complexity index is 359. The van der Waals surface area contributed by atoms with E-state index in [1.807, 2.05) is 7.05 Å². The molecule has 1 rings (SSSR count). The lowest BCUT2D eigenvalue weighted by molar-refractivity contribution is -0.0137. The molecule has 1 heterocycles. The van der Waals surface area contributed by atoms with E-state index in [-0.39, 0.29) is 6.42 Å². The van der Waals surface area contributed by atoms with Gasteiger partial charge in [0.2, 0.25) is 0 Å². The van der Waals surface area contributed by atoms with Crippen molar-refractivity contribution in [1.29, 1.82) is 0 Å². The minimum absolute atomic E-state index is 0.182. The van der Waals surface area contributed by atoms with E-state index in [2.05, 4.69) is 22.2 Å². The Balaban J connectivity index is 2.47. The Morgan fingerprint density at radius 2 is 1.79 bits per heavy atom. The SMILES string of the molecule is CN[C@H](C)CCc1cnc(C[C@H](O)[C@H](O)CO)cn1. The third-order valence-electron chi connectivity index (χ3n) is 3.13. The fraction of sp³-hybridized carbons (Fsp3) is 0.692. The molecule has 4 N–H and O–H groups in total. The van der Waals surface area contributed by atoms with Crippen LogP contribution in [0.1, 0.15) is 24.7 Å². The van der Waals surface area contributed by atoms with Crippen molar-refractivity contribution in [2.45, 2.75) is 44.4 Å². The van der Waals surface area contributed by atoms with Gasteiger partial charge in [-0.2, -0.15) is 0 Å². The molecule has 0 fully saturated rings. The van der Waals surface area contributed by atoms with Crippen LogP contribution in [-0.2, 0) is 12.8 Å². The number of nitrogens with one attached hydrogen (secondary N) is 1. The number of hydrogen-bond donors (Lipinski definition) is 4. The van der Waals surface area contributed by atoms with E-state index in [4.69, 9.17) is 5.11 Å². The molecule has 6 nitrogen and oxygen atoms in total. The molecule has 1 aromatic heterocycles. The molecule has 1 aromatic rings. The number of aromatic nitrogens is 2. The number of hydrogen-bond acceptors (Lipinski definition) is 6. The van der Waals surface area contributed by atoms with Gasteiger partial charge in [-0.15, -0.1) is 0 Å². The summed E-state index contributed by atoms with van der Waals surface area (Å²) in [7, 11) is 1.92. The molecule has 0 saturated heterocycles. The van der Waals surface area contributed by atoms with Crippen molar-refractivity contribution < 1.29 is 15.3 Å². The predicted octanol–water partition coefficient (Wildman–Crippen LogP) is -0.726. The van der Waals surface area contributed by atoms with E-state index < -0.39 is 18.8 Å². The molecular weight excluding hydrogens is 246 g/mol. The van der Waals surface area contributed by atoms with Gasteiger partial charge in [0.15, 0.2) is 0 Å². The summed E-state index contributed by atoms with van der Waals surface area (Å²) in [6.45, 7) is 1.64. The molecule has 0 spiro atoms. The summed E-state index contributed by atoms with van der Waals surface area (Å²) in [5.41, 5.74) is 1.51. The van der Waals surface area contributed by atoms with Gasteiger partial charge in [-0.25, -0.2) is 0 Å². The summed E-state index contributed by atoms with van der Waals surface area (Å²) in [5.74, 6) is 0. The molecule has 6 heteroatoms. The number of aryl methyl sites for hydroxylation is 1. The first kappa shape index (κ1) is 16.0. The highest BCUT2D eigenvalue weighted by Gasteiger charge is 2.16. The first-order chi connectivity index (χ1) is 9.06. The molecule has 0 aliphatic rings. The van der Waals surface area contributed by atoms with Gasteiger partial charge in [0.1, 0.15) is 6.10 Å². The van der Waals surface area contributed by atoms with Gasteiger partial charge in [-0.3, -0.25) is 9.97 Å². The lowest BCUT2D eigenvalue weighted by atomic mass is 10.1. The second-order valence-corrected chi connectivity index (χ2v) is 4.75. The number of rotatable bonds is 8. The molecule has 108 valence electrons. The summed E-state index contributed by atoms with van der Waals surface area (Å²) in [6, 6.07) is 0.433. The molecule has 0 unspecified atom stereocenters. The molecule has 0 bridgehead atoms. The van der Waals surface area contributed by atoms with Crippen LogP contribution < -0.4 is 5.32 Å². The van der Waals surface area contributed by atoms with Crippen LogP contribution in [0.5, 0.6) is 0 Å². The van der Waals surface area contributed by atoms with Crippen molar-refractivity contribution in [1.82, 2.24) is 15.3 Å². The third-order valence-corrected chi connectivity index (χ3v) is 3.13. The maximum Gasteiger partial charge on any atom is 0.103 e. The highest BCUT2D eigenvalue weighted by atomic mass is 16.4. The molecule has 0 saturated carbocycles. The third kappa shape index (κ3) is 5.61. The zero-order chi connectivity index (χ0) is 14.3. The van der Waals surface area contributed by atoms with Gasteiger partial charge in [0.05, 0.1) is 24.1 Å². The van der Waals surface area contributed by atoms with E-state index in [9.17, 15) is 10.2 Å². The normalized spacial score (nSPS) is 16.1. The Morgan fingerprint density at radius 3 is 2.32 bits per heavy atom. The molecule has 0 aliphatic heterocycles. The van der Waals surface area contributed by atoms with Gasteiger partial charge in [0.25, 0.3) is 0 Å². The summed E-state index contributed by atoms with van der Waals surface area (Å²) < 4.78 is 0. The second-order valence-electron chi connectivity index (χ2n) is 4.75. The van der Waals surface area contributed by atoms with Gasteiger partial charge in [-0.1, -0.05) is 0 Å². The van der Waals surface area contributed by atoms with E-state index >= 15 is 0 Å². The van der Waals surface area contributed by atoms with E-state index in [1.165, 1.54) is 0 Å². The average Bonchev–Trinajstić information content (AvgIpc) is 2.45. The van der Waals surface area contributed by atoms with Crippen molar-refractivity contribution >= 4 is 0 Å². The second kappa shape index (κ2) is 8.16. The van der Waals surface area contributed by atoms with E-state index in [0.29, 0.717) is 11.7 Å². The van der Waals surface area contributed by atoms with Crippen molar-refractivity contribution in [3.05, 3.63) is 23.8 Å². The van der Waals surface area contributed by atoms with Crippen LogP contribution in [0.3, 0.4) is 0 Å². The van der Waals surface area contributed by atoms with Crippen LogP contribution in [0.25, 0.3) is 0 Å². The van der Waals surface area contributed by atoms with Gasteiger partial charge < -0.3 is 20.6 Å². The van der Waals surface area contributed by atoms with Crippen molar-refractivity contribution in [3.8, 4) is 0 Å². The number of aliphatic hydroxyl groups excluding tert-OH is 3. The highest BCUT2D eigenvalue weighted by molar-refractivity contribution is 5.04. The molecule has 0 aromatic carbocycles. The quantitative estimate of drug-likeness (QED) is 0.497. The summed E-state index contributed by atoms with van der Waals surface area (Å²) in [5, 5.41) is 30.7. The first-order valence-corrected chi connectivity index (χ1v) is 6.50. The largest absolute Gasteiger partial charge is 0.394 e. The predicted molar refractivity (Wildman–Crippen MR) is 71.7 cm³/mol. The van der Waals surface area contributed by atoms with Crippen LogP contribution in [0.2, 0.25) is 0 Å². The standard InChI is InChI=1S/C13H23N3O3/c1-9(14-2)3-4-10-6-16-11(7-15-10)5-12(18)13(19)8-17/h6-7,9,12-14,17-19H,3-5,8H2,1-2H3/t9-,12+,13-/m1/s1. The average molecular weight is 269 g/mol. The highest BCUT2D eigenvalue weighted by Crippen LogP contribution is 2.05. The lowest BCUT2D eigenvalue weighted by Crippen LogP contribution is -2.31. The van der Waals surface area contributed by atoms with Crippen LogP contribution in [0.15, 0.2) is 12.4 Å². The molecule has 0 amide bonds. The van der Waals surface area contributed by atoms with Gasteiger partial charge in [0, 0.05) is 24.9 Å². The fourth-order valence-corrected chi connectivity index (χ4v) is 1.60. The number of nitrogens with zero attached hydrogens (tertiary/aromatic N) is 2. The first-order valence-electron chi connectivity index (χ1n) is 6.50. The Kier molecular flexibility index (Phi) is 6.86. The fourth-order valence-electron chi connectivity index (χ4n) is 1.60. The monoisotopic (exact) mass is 269 g/mol. The molecule has 0 radical (unpaired) electrons. The summed E-state index contributed by atoms with van der Waals surface area (Å²) in [6.07, 6.45) is 3.14. The smallest absolute Gasteiger partial charge is 0.103 e. The van der Waals surface area contributed by atoms with Crippen molar-refractivity contribution in [2.75, 3.05) is 13.7 Å². The maximum atomic E-state index is 9.56. The van der Waals surface area contributed by atoms with E-state index in [0.717, 1.165) is 18.5 Å². The summed E-state index contributed by atoms with van der Waals surface area (Å²) >= 11 is 0. The zero-order valence-electron chi connectivity index (χ0n) is 11.5. The molecule has 0 aliphatic carbocycles. The van der Waals surface area contributed by atoms with Gasteiger partial charge in [-0.05, 0) is 26.8 Å². The molecule has 19 heavy (non-hydrogen) atoms. The van der Waals surface area contributed by atoms with Crippen LogP contribution in [0.4, 0.5) is 0 Å². The minimum Gasteiger partial charge on any atom is -0.394 e. The molecule has 3 atom stereocenters. The topological polar surface area (TPSA) is 98.5 Å². The maximum absolute atomic E-state index is 9.56. The van der Waals surface area contributed by atoms with Crippen LogP contribution >= 0.6 is 0 Å². The Hall–Kier alpha value is -1.08. The van der Waals surface area contributed by atoms with Gasteiger partial charge >= 0.3 is 0 Å². The van der Waals surface area contributed by atoms with Crippen LogP contribution in [-0.4, -0.2) is 57.2 Å².